The van der Waals surface area contributed by atoms with Gasteiger partial charge in [-0.2, -0.15) is 5.10 Å². The minimum absolute atomic E-state index is 0.392. The van der Waals surface area contributed by atoms with E-state index in [1.807, 2.05) is 11.7 Å². The van der Waals surface area contributed by atoms with E-state index in [9.17, 15) is 0 Å². The second-order valence-corrected chi connectivity index (χ2v) is 6.07. The molecule has 4 heteroatoms. The summed E-state index contributed by atoms with van der Waals surface area (Å²) in [4.78, 5) is 4.41. The zero-order valence-corrected chi connectivity index (χ0v) is 11.9. The van der Waals surface area contributed by atoms with Gasteiger partial charge in [0.05, 0.1) is 0 Å². The van der Waals surface area contributed by atoms with Crippen molar-refractivity contribution in [3.05, 3.63) is 12.2 Å². The highest BCUT2D eigenvalue weighted by Gasteiger charge is 2.33. The molecular formula is C14H26N4. The maximum atomic E-state index is 4.41. The van der Waals surface area contributed by atoms with Crippen LogP contribution in [0.2, 0.25) is 0 Å². The van der Waals surface area contributed by atoms with Gasteiger partial charge in [0, 0.05) is 26.1 Å². The summed E-state index contributed by atoms with van der Waals surface area (Å²) in [7, 11) is 1.99. The van der Waals surface area contributed by atoms with Crippen LogP contribution in [0.3, 0.4) is 0 Å². The number of aryl methyl sites for hydroxylation is 1. The van der Waals surface area contributed by atoms with Crippen LogP contribution in [0.4, 0.5) is 0 Å². The van der Waals surface area contributed by atoms with Gasteiger partial charge in [0.1, 0.15) is 12.2 Å². The molecule has 1 aromatic rings. The van der Waals surface area contributed by atoms with E-state index in [-0.39, 0.29) is 0 Å². The minimum Gasteiger partial charge on any atom is -0.314 e. The normalized spacial score (nSPS) is 19.3. The average Bonchev–Trinajstić information content (AvgIpc) is 2.74. The summed E-state index contributed by atoms with van der Waals surface area (Å²) in [6, 6.07) is 0.559. The monoisotopic (exact) mass is 250 g/mol. The van der Waals surface area contributed by atoms with Gasteiger partial charge in [-0.05, 0) is 18.3 Å². The Kier molecular flexibility index (Phi) is 4.38. The van der Waals surface area contributed by atoms with Gasteiger partial charge in [-0.3, -0.25) is 4.68 Å². The Balaban J connectivity index is 2.06. The number of hydrogen-bond acceptors (Lipinski definition) is 3. The van der Waals surface area contributed by atoms with Crippen LogP contribution in [-0.4, -0.2) is 27.4 Å². The first-order valence-corrected chi connectivity index (χ1v) is 7.18. The Morgan fingerprint density at radius 1 is 1.33 bits per heavy atom. The number of nitrogens with one attached hydrogen (secondary N) is 1. The predicted molar refractivity (Wildman–Crippen MR) is 73.4 cm³/mol. The quantitative estimate of drug-likeness (QED) is 0.872. The summed E-state index contributed by atoms with van der Waals surface area (Å²) in [6.45, 7) is 5.55. The van der Waals surface area contributed by atoms with Gasteiger partial charge in [-0.15, -0.1) is 0 Å². The SMILES string of the molecule is CC(C)NCC1(Cc2ncnn2C)CCCCC1. The molecule has 0 aliphatic heterocycles. The highest BCUT2D eigenvalue weighted by atomic mass is 15.3. The third-order valence-electron chi connectivity index (χ3n) is 4.14. The number of hydrogen-bond donors (Lipinski definition) is 1. The first kappa shape index (κ1) is 13.5. The largest absolute Gasteiger partial charge is 0.314 e. The molecule has 102 valence electrons. The van der Waals surface area contributed by atoms with Crippen LogP contribution in [0.15, 0.2) is 6.33 Å². The van der Waals surface area contributed by atoms with Gasteiger partial charge >= 0.3 is 0 Å². The molecule has 1 heterocycles. The molecule has 0 radical (unpaired) electrons. The Hall–Kier alpha value is -0.900. The van der Waals surface area contributed by atoms with E-state index in [0.717, 1.165) is 18.8 Å². The average molecular weight is 250 g/mol. The van der Waals surface area contributed by atoms with Crippen molar-refractivity contribution in [2.45, 2.75) is 58.4 Å². The van der Waals surface area contributed by atoms with Gasteiger partial charge in [0.15, 0.2) is 0 Å². The van der Waals surface area contributed by atoms with Crippen LogP contribution >= 0.6 is 0 Å². The van der Waals surface area contributed by atoms with Crippen molar-refractivity contribution in [1.29, 1.82) is 0 Å². The maximum absolute atomic E-state index is 4.41. The molecule has 1 aliphatic rings. The van der Waals surface area contributed by atoms with Gasteiger partial charge in [-0.1, -0.05) is 33.1 Å². The van der Waals surface area contributed by atoms with Crippen LogP contribution < -0.4 is 5.32 Å². The van der Waals surface area contributed by atoms with E-state index in [2.05, 4.69) is 29.2 Å². The lowest BCUT2D eigenvalue weighted by atomic mass is 9.71. The van der Waals surface area contributed by atoms with Crippen molar-refractivity contribution in [2.75, 3.05) is 6.54 Å². The van der Waals surface area contributed by atoms with E-state index in [0.29, 0.717) is 11.5 Å². The molecule has 0 unspecified atom stereocenters. The third kappa shape index (κ3) is 3.31. The molecule has 1 aliphatic carbocycles. The fourth-order valence-corrected chi connectivity index (χ4v) is 2.95. The highest BCUT2D eigenvalue weighted by molar-refractivity contribution is 4.96. The van der Waals surface area contributed by atoms with E-state index in [1.165, 1.54) is 32.1 Å². The molecule has 1 saturated carbocycles. The van der Waals surface area contributed by atoms with Crippen molar-refractivity contribution in [2.24, 2.45) is 12.5 Å². The van der Waals surface area contributed by atoms with Crippen LogP contribution in [-0.2, 0) is 13.5 Å². The molecule has 0 spiro atoms. The highest BCUT2D eigenvalue weighted by Crippen LogP contribution is 2.38. The summed E-state index contributed by atoms with van der Waals surface area (Å²) in [5.74, 6) is 1.13. The fourth-order valence-electron chi connectivity index (χ4n) is 2.95. The second kappa shape index (κ2) is 5.83. The molecule has 0 amide bonds. The fraction of sp³-hybridized carbons (Fsp3) is 0.857. The Morgan fingerprint density at radius 3 is 2.61 bits per heavy atom. The molecule has 4 nitrogen and oxygen atoms in total. The lowest BCUT2D eigenvalue weighted by Crippen LogP contribution is -2.41. The predicted octanol–water partition coefficient (Wildman–Crippen LogP) is 2.31. The third-order valence-corrected chi connectivity index (χ3v) is 4.14. The molecule has 2 rings (SSSR count). The Bertz CT molecular complexity index is 364. The van der Waals surface area contributed by atoms with E-state index >= 15 is 0 Å². The van der Waals surface area contributed by atoms with Crippen LogP contribution in [0.5, 0.6) is 0 Å². The summed E-state index contributed by atoms with van der Waals surface area (Å²) < 4.78 is 1.92. The zero-order valence-electron chi connectivity index (χ0n) is 11.9. The molecule has 1 fully saturated rings. The standard InChI is InChI=1S/C14H26N4/c1-12(2)15-10-14(7-5-4-6-8-14)9-13-16-11-17-18(13)3/h11-12,15H,4-10H2,1-3H3. The number of nitrogens with zero attached hydrogens (tertiary/aromatic N) is 3. The van der Waals surface area contributed by atoms with Crippen molar-refractivity contribution in [1.82, 2.24) is 20.1 Å². The molecule has 0 aromatic carbocycles. The first-order chi connectivity index (χ1) is 8.61. The molecule has 18 heavy (non-hydrogen) atoms. The van der Waals surface area contributed by atoms with Crippen molar-refractivity contribution in [3.63, 3.8) is 0 Å². The van der Waals surface area contributed by atoms with E-state index in [1.54, 1.807) is 6.33 Å². The number of aromatic nitrogens is 3. The first-order valence-electron chi connectivity index (χ1n) is 7.18. The molecule has 0 bridgehead atoms. The van der Waals surface area contributed by atoms with Crippen LogP contribution in [0, 0.1) is 5.41 Å². The molecule has 1 aromatic heterocycles. The van der Waals surface area contributed by atoms with E-state index in [4.69, 9.17) is 0 Å². The Morgan fingerprint density at radius 2 is 2.06 bits per heavy atom. The van der Waals surface area contributed by atoms with Crippen molar-refractivity contribution in [3.8, 4) is 0 Å². The maximum Gasteiger partial charge on any atom is 0.138 e. The summed E-state index contributed by atoms with van der Waals surface area (Å²) in [5.41, 5.74) is 0.392. The van der Waals surface area contributed by atoms with E-state index < -0.39 is 0 Å². The van der Waals surface area contributed by atoms with Gasteiger partial charge in [-0.25, -0.2) is 4.98 Å². The van der Waals surface area contributed by atoms with Crippen molar-refractivity contribution < 1.29 is 0 Å². The topological polar surface area (TPSA) is 42.7 Å². The smallest absolute Gasteiger partial charge is 0.138 e. The van der Waals surface area contributed by atoms with Crippen molar-refractivity contribution >= 4 is 0 Å². The van der Waals surface area contributed by atoms with Crippen LogP contribution in [0.1, 0.15) is 51.8 Å². The molecular weight excluding hydrogens is 224 g/mol. The summed E-state index contributed by atoms with van der Waals surface area (Å²) in [6.07, 6.45) is 9.47. The van der Waals surface area contributed by atoms with Crippen LogP contribution in [0.25, 0.3) is 0 Å². The number of rotatable bonds is 5. The minimum atomic E-state index is 0.392. The lowest BCUT2D eigenvalue weighted by molar-refractivity contribution is 0.171. The zero-order chi connectivity index (χ0) is 13.0. The summed E-state index contributed by atoms with van der Waals surface area (Å²) in [5, 5.41) is 7.82. The molecule has 1 N–H and O–H groups in total. The van der Waals surface area contributed by atoms with Gasteiger partial charge in [0.2, 0.25) is 0 Å². The summed E-state index contributed by atoms with van der Waals surface area (Å²) >= 11 is 0. The second-order valence-electron chi connectivity index (χ2n) is 6.07. The van der Waals surface area contributed by atoms with Gasteiger partial charge < -0.3 is 5.32 Å². The lowest BCUT2D eigenvalue weighted by Gasteiger charge is -2.38. The molecule has 0 saturated heterocycles. The molecule has 0 atom stereocenters. The Labute approximate surface area is 110 Å². The van der Waals surface area contributed by atoms with Gasteiger partial charge in [0.25, 0.3) is 0 Å².